The van der Waals surface area contributed by atoms with Gasteiger partial charge >= 0.3 is 0 Å². The topological polar surface area (TPSA) is 99.5 Å². The van der Waals surface area contributed by atoms with E-state index in [-0.39, 0.29) is 36.2 Å². The van der Waals surface area contributed by atoms with Crippen molar-refractivity contribution in [3.63, 3.8) is 0 Å². The Kier molecular flexibility index (Phi) is 9.28. The molecule has 1 aromatic carbocycles. The molecule has 9 nitrogen and oxygen atoms in total. The number of methoxy groups -OCH3 is 2. The molecule has 2 fully saturated rings. The fourth-order valence-electron chi connectivity index (χ4n) is 5.16. The molecule has 1 saturated carbocycles. The number of carbonyl (C=O) groups excluding carboxylic acids is 1. The van der Waals surface area contributed by atoms with Gasteiger partial charge in [-0.1, -0.05) is 43.8 Å². The van der Waals surface area contributed by atoms with E-state index in [1.54, 1.807) is 26.0 Å². The Morgan fingerprint density at radius 1 is 1.22 bits per heavy atom. The summed E-state index contributed by atoms with van der Waals surface area (Å²) in [7, 11) is 3.37. The van der Waals surface area contributed by atoms with Crippen molar-refractivity contribution >= 4 is 17.7 Å². The third-order valence-corrected chi connectivity index (χ3v) is 8.24. The second-order valence-corrected chi connectivity index (χ2v) is 11.0. The molecular weight excluding hydrogens is 490 g/mol. The number of allylic oxidation sites excluding steroid dienone is 1. The van der Waals surface area contributed by atoms with Crippen molar-refractivity contribution in [3.05, 3.63) is 47.8 Å². The van der Waals surface area contributed by atoms with Crippen LogP contribution in [-0.4, -0.2) is 65.1 Å². The molecule has 2 N–H and O–H groups in total. The van der Waals surface area contributed by atoms with Gasteiger partial charge in [0.05, 0.1) is 24.3 Å². The van der Waals surface area contributed by atoms with Crippen LogP contribution in [0.2, 0.25) is 0 Å². The highest BCUT2D eigenvalue weighted by Gasteiger charge is 2.44. The number of amides is 1. The summed E-state index contributed by atoms with van der Waals surface area (Å²) in [6, 6.07) is 6.35. The first-order chi connectivity index (χ1) is 17.8. The van der Waals surface area contributed by atoms with Crippen LogP contribution in [0.3, 0.4) is 0 Å². The summed E-state index contributed by atoms with van der Waals surface area (Å²) < 4.78 is 19.4. The van der Waals surface area contributed by atoms with Crippen molar-refractivity contribution < 1.29 is 19.0 Å². The first-order valence-corrected chi connectivity index (χ1v) is 13.8. The van der Waals surface area contributed by atoms with E-state index in [1.165, 1.54) is 5.56 Å². The number of aromatic nitrogens is 3. The minimum absolute atomic E-state index is 0.0270. The average molecular weight is 530 g/mol. The maximum atomic E-state index is 12.9. The van der Waals surface area contributed by atoms with Crippen LogP contribution in [0, 0.1) is 12.8 Å². The van der Waals surface area contributed by atoms with E-state index in [4.69, 9.17) is 14.2 Å². The largest absolute Gasteiger partial charge is 0.485 e. The lowest BCUT2D eigenvalue weighted by atomic mass is 9.79. The van der Waals surface area contributed by atoms with Gasteiger partial charge in [0.15, 0.2) is 11.0 Å². The van der Waals surface area contributed by atoms with E-state index >= 15 is 0 Å². The van der Waals surface area contributed by atoms with E-state index in [1.807, 2.05) is 10.6 Å². The Bertz CT molecular complexity index is 1090. The summed E-state index contributed by atoms with van der Waals surface area (Å²) in [5.74, 6) is 2.52. The summed E-state index contributed by atoms with van der Waals surface area (Å²) in [6.45, 7) is 11.2. The van der Waals surface area contributed by atoms with Gasteiger partial charge in [0.2, 0.25) is 5.91 Å². The lowest BCUT2D eigenvalue weighted by Crippen LogP contribution is -2.65. The number of hydrogen-bond donors (Lipinski definition) is 2. The maximum Gasteiger partial charge on any atom is 0.226 e. The van der Waals surface area contributed by atoms with Crippen molar-refractivity contribution in [2.24, 2.45) is 5.92 Å². The van der Waals surface area contributed by atoms with Crippen LogP contribution >= 0.6 is 11.8 Å². The van der Waals surface area contributed by atoms with Crippen LogP contribution in [0.1, 0.15) is 49.6 Å². The molecule has 0 radical (unpaired) electrons. The summed E-state index contributed by atoms with van der Waals surface area (Å²) >= 11 is 1.55. The minimum atomic E-state index is -0.176. The number of nitrogens with one attached hydrogen (secondary N) is 2. The zero-order chi connectivity index (χ0) is 26.5. The molecule has 10 heteroatoms. The second kappa shape index (κ2) is 12.4. The molecule has 4 rings (SSSR count). The molecular formula is C27H39N5O4S. The van der Waals surface area contributed by atoms with Gasteiger partial charge in [-0.3, -0.25) is 14.7 Å². The molecule has 1 saturated heterocycles. The lowest BCUT2D eigenvalue weighted by molar-refractivity contribution is -0.139. The van der Waals surface area contributed by atoms with Crippen molar-refractivity contribution in [1.82, 2.24) is 25.4 Å². The van der Waals surface area contributed by atoms with Crippen LogP contribution in [0.5, 0.6) is 5.75 Å². The molecule has 0 bridgehead atoms. The minimum Gasteiger partial charge on any atom is -0.485 e. The van der Waals surface area contributed by atoms with E-state index in [0.29, 0.717) is 31.2 Å². The van der Waals surface area contributed by atoms with Crippen molar-refractivity contribution in [1.29, 1.82) is 0 Å². The van der Waals surface area contributed by atoms with Crippen LogP contribution in [0.15, 0.2) is 36.0 Å². The zero-order valence-corrected chi connectivity index (χ0v) is 23.2. The van der Waals surface area contributed by atoms with Gasteiger partial charge in [-0.25, -0.2) is 0 Å². The average Bonchev–Trinajstić information content (AvgIpc) is 3.26. The van der Waals surface area contributed by atoms with Gasteiger partial charge in [0, 0.05) is 32.6 Å². The number of nitrogens with zero attached hydrogens (tertiary/aromatic N) is 3. The fraction of sp³-hybridized carbons (Fsp3) is 0.593. The number of carbonyl (C=O) groups is 1. The molecule has 1 amide bonds. The van der Waals surface area contributed by atoms with E-state index in [0.717, 1.165) is 28.7 Å². The molecule has 0 spiro atoms. The van der Waals surface area contributed by atoms with Crippen molar-refractivity contribution in [3.8, 4) is 5.75 Å². The summed E-state index contributed by atoms with van der Waals surface area (Å²) in [5, 5.41) is 16.3. The van der Waals surface area contributed by atoms with Gasteiger partial charge in [-0.05, 0) is 42.9 Å². The number of ether oxygens (including phenoxy) is 3. The number of aryl methyl sites for hydroxylation is 1. The Hall–Kier alpha value is -2.40. The number of rotatable bonds is 11. The van der Waals surface area contributed by atoms with Gasteiger partial charge in [0.25, 0.3) is 0 Å². The molecule has 2 heterocycles. The maximum absolute atomic E-state index is 12.9. The van der Waals surface area contributed by atoms with Crippen LogP contribution in [0.25, 0.3) is 0 Å². The molecule has 5 atom stereocenters. The predicted molar refractivity (Wildman–Crippen MR) is 144 cm³/mol. The third kappa shape index (κ3) is 6.37. The number of fused-ring (bicyclic) bond motifs is 1. The number of benzene rings is 1. The van der Waals surface area contributed by atoms with E-state index in [2.05, 4.69) is 66.4 Å². The quantitative estimate of drug-likeness (QED) is 0.338. The molecule has 1 aliphatic heterocycles. The molecule has 37 heavy (non-hydrogen) atoms. The summed E-state index contributed by atoms with van der Waals surface area (Å²) in [5.41, 5.74) is 2.32. The molecule has 2 aromatic rings. The fourth-order valence-corrected chi connectivity index (χ4v) is 6.09. The highest BCUT2D eigenvalue weighted by atomic mass is 32.2. The van der Waals surface area contributed by atoms with E-state index < -0.39 is 0 Å². The van der Waals surface area contributed by atoms with Gasteiger partial charge in [0.1, 0.15) is 12.4 Å². The Labute approximate surface area is 223 Å². The summed E-state index contributed by atoms with van der Waals surface area (Å²) in [4.78, 5) is 12.9. The van der Waals surface area contributed by atoms with Crippen LogP contribution < -0.4 is 15.4 Å². The number of hydrogen-bond acceptors (Lipinski definition) is 8. The van der Waals surface area contributed by atoms with Crippen molar-refractivity contribution in [2.75, 3.05) is 20.0 Å². The predicted octanol–water partition coefficient (Wildman–Crippen LogP) is 3.42. The molecule has 1 aliphatic carbocycles. The number of thioether (sulfide) groups is 1. The Morgan fingerprint density at radius 2 is 1.97 bits per heavy atom. The Balaban J connectivity index is 1.40. The monoisotopic (exact) mass is 529 g/mol. The van der Waals surface area contributed by atoms with E-state index in [9.17, 15) is 4.79 Å². The highest BCUT2D eigenvalue weighted by Crippen LogP contribution is 2.32. The lowest BCUT2D eigenvalue weighted by Gasteiger charge is -2.44. The first-order valence-electron chi connectivity index (χ1n) is 12.9. The summed E-state index contributed by atoms with van der Waals surface area (Å²) in [6.07, 6.45) is 2.94. The standard InChI is InChI=1S/C27H39N5O4S/c1-7-10-32-25(14-36-21-11-17(4)8-9-18(21)16(2)3)30-31-27(32)37-15-24-28-20-13-23(35-6)22(34-5)12-19(20)26(33)29-24/h7-9,11,16,19-20,22-24,28H,1,10,12-15H2,2-6H3,(H,29,33). The normalized spacial score (nSPS) is 25.6. The zero-order valence-electron chi connectivity index (χ0n) is 22.4. The highest BCUT2D eigenvalue weighted by molar-refractivity contribution is 7.99. The first kappa shape index (κ1) is 27.6. The van der Waals surface area contributed by atoms with Gasteiger partial charge in [-0.2, -0.15) is 0 Å². The SMILES string of the molecule is C=CCn1c(COc2cc(C)ccc2C(C)C)nnc1SCC1NC(=O)C2CC(OC)C(OC)CC2N1. The molecule has 2 aliphatic rings. The molecule has 1 aromatic heterocycles. The smallest absolute Gasteiger partial charge is 0.226 e. The molecule has 202 valence electrons. The van der Waals surface area contributed by atoms with Crippen LogP contribution in [-0.2, 0) is 27.4 Å². The van der Waals surface area contributed by atoms with Gasteiger partial charge in [-0.15, -0.1) is 16.8 Å². The van der Waals surface area contributed by atoms with Crippen LogP contribution in [0.4, 0.5) is 0 Å². The third-order valence-electron chi connectivity index (χ3n) is 7.18. The molecule has 5 unspecified atom stereocenters. The van der Waals surface area contributed by atoms with Gasteiger partial charge < -0.3 is 19.5 Å². The Morgan fingerprint density at radius 3 is 2.68 bits per heavy atom. The van der Waals surface area contributed by atoms with Crippen molar-refractivity contribution in [2.45, 2.75) is 82.3 Å². The second-order valence-electron chi connectivity index (χ2n) is 10.1.